The molecule has 1 aromatic heterocycles. The van der Waals surface area contributed by atoms with Crippen molar-refractivity contribution < 1.29 is 23.2 Å². The van der Waals surface area contributed by atoms with Gasteiger partial charge in [-0.25, -0.2) is 9.19 Å². The van der Waals surface area contributed by atoms with Gasteiger partial charge in [0.05, 0.1) is 25.1 Å². The number of nitrogens with one attached hydrogen (secondary N) is 1. The normalized spacial score (nSPS) is 24.0. The lowest BCUT2D eigenvalue weighted by molar-refractivity contribution is -0.192. The van der Waals surface area contributed by atoms with Crippen LogP contribution in [0.5, 0.6) is 5.75 Å². The Balaban J connectivity index is 1.39. The van der Waals surface area contributed by atoms with Crippen molar-refractivity contribution in [1.29, 1.82) is 0 Å². The highest BCUT2D eigenvalue weighted by molar-refractivity contribution is 7.84. The van der Waals surface area contributed by atoms with Crippen LogP contribution in [0.4, 0.5) is 5.82 Å². The molecule has 1 aromatic carbocycles. The number of ether oxygens (including phenoxy) is 3. The molecule has 6 unspecified atom stereocenters. The SMILES string of the molecule is CCCc1cc(Cl)ccc1C1COc2ccc(C(=O)NS(=O)C(C)C(C)CCC)nc2N(CC2CCC2CC2OCCCO2)C1. The molecule has 10 heteroatoms. The van der Waals surface area contributed by atoms with E-state index in [0.717, 1.165) is 76.1 Å². The minimum absolute atomic E-state index is 0.104. The molecule has 1 N–H and O–H groups in total. The first-order chi connectivity index (χ1) is 21.8. The molecule has 3 aliphatic rings. The molecule has 1 aliphatic carbocycles. The van der Waals surface area contributed by atoms with E-state index < -0.39 is 16.9 Å². The van der Waals surface area contributed by atoms with E-state index in [0.29, 0.717) is 36.6 Å². The molecule has 1 saturated carbocycles. The molecule has 2 fully saturated rings. The molecule has 0 spiro atoms. The Labute approximate surface area is 276 Å². The van der Waals surface area contributed by atoms with Crippen molar-refractivity contribution in [1.82, 2.24) is 9.71 Å². The Morgan fingerprint density at radius 1 is 1.11 bits per heavy atom. The average molecular weight is 660 g/mol. The number of nitrogens with zero attached hydrogens (tertiary/aromatic N) is 2. The number of benzene rings is 1. The summed E-state index contributed by atoms with van der Waals surface area (Å²) in [7, 11) is -1.51. The first-order valence-electron chi connectivity index (χ1n) is 16.9. The Morgan fingerprint density at radius 3 is 2.60 bits per heavy atom. The van der Waals surface area contributed by atoms with Crippen LogP contribution in [0.3, 0.4) is 0 Å². The van der Waals surface area contributed by atoms with E-state index in [4.69, 9.17) is 30.8 Å². The number of fused-ring (bicyclic) bond motifs is 1. The molecule has 8 nitrogen and oxygen atoms in total. The Kier molecular flexibility index (Phi) is 12.2. The number of rotatable bonds is 13. The molecule has 0 radical (unpaired) electrons. The summed E-state index contributed by atoms with van der Waals surface area (Å²) in [5, 5.41) is 0.592. The average Bonchev–Trinajstić information content (AvgIpc) is 3.21. The van der Waals surface area contributed by atoms with Gasteiger partial charge in [0, 0.05) is 30.5 Å². The Bertz CT molecular complexity index is 1320. The van der Waals surface area contributed by atoms with Gasteiger partial charge in [-0.05, 0) is 92.2 Å². The van der Waals surface area contributed by atoms with Gasteiger partial charge in [-0.1, -0.05) is 51.3 Å². The number of carbonyl (C=O) groups is 1. The fourth-order valence-corrected chi connectivity index (χ4v) is 8.06. The van der Waals surface area contributed by atoms with Gasteiger partial charge in [0.1, 0.15) is 16.7 Å². The smallest absolute Gasteiger partial charge is 0.281 e. The van der Waals surface area contributed by atoms with Crippen LogP contribution < -0.4 is 14.4 Å². The monoisotopic (exact) mass is 659 g/mol. The first kappa shape index (κ1) is 34.1. The van der Waals surface area contributed by atoms with Gasteiger partial charge >= 0.3 is 0 Å². The Morgan fingerprint density at radius 2 is 1.89 bits per heavy atom. The zero-order valence-corrected chi connectivity index (χ0v) is 28.8. The summed E-state index contributed by atoms with van der Waals surface area (Å²) >= 11 is 6.42. The zero-order chi connectivity index (χ0) is 31.9. The maximum absolute atomic E-state index is 13.3. The lowest BCUT2D eigenvalue weighted by atomic mass is 9.71. The van der Waals surface area contributed by atoms with E-state index in [1.165, 1.54) is 11.1 Å². The van der Waals surface area contributed by atoms with Gasteiger partial charge in [-0.2, -0.15) is 0 Å². The van der Waals surface area contributed by atoms with Crippen molar-refractivity contribution in [3.63, 3.8) is 0 Å². The first-order valence-corrected chi connectivity index (χ1v) is 18.5. The highest BCUT2D eigenvalue weighted by atomic mass is 35.5. The van der Waals surface area contributed by atoms with Crippen LogP contribution in [0, 0.1) is 17.8 Å². The van der Waals surface area contributed by atoms with Gasteiger partial charge in [-0.15, -0.1) is 0 Å². The number of aromatic nitrogens is 1. The van der Waals surface area contributed by atoms with Crippen LogP contribution in [0.25, 0.3) is 0 Å². The quantitative estimate of drug-likeness (QED) is 0.246. The summed E-state index contributed by atoms with van der Waals surface area (Å²) in [5.74, 6) is 2.22. The van der Waals surface area contributed by atoms with E-state index in [9.17, 15) is 9.00 Å². The molecule has 248 valence electrons. The van der Waals surface area contributed by atoms with Crippen molar-refractivity contribution in [3.8, 4) is 5.75 Å². The molecule has 5 rings (SSSR count). The second kappa shape index (κ2) is 16.1. The summed E-state index contributed by atoms with van der Waals surface area (Å²) in [6.07, 6.45) is 7.96. The summed E-state index contributed by atoms with van der Waals surface area (Å²) in [4.78, 5) is 20.6. The topological polar surface area (TPSA) is 90.0 Å². The van der Waals surface area contributed by atoms with Gasteiger partial charge in [0.15, 0.2) is 17.9 Å². The lowest BCUT2D eigenvalue weighted by Gasteiger charge is -2.42. The largest absolute Gasteiger partial charge is 0.489 e. The van der Waals surface area contributed by atoms with Crippen LogP contribution >= 0.6 is 11.6 Å². The molecule has 3 heterocycles. The second-order valence-electron chi connectivity index (χ2n) is 13.1. The number of halogens is 1. The van der Waals surface area contributed by atoms with Crippen molar-refractivity contribution >= 4 is 34.3 Å². The molecule has 2 aromatic rings. The third-order valence-electron chi connectivity index (χ3n) is 9.81. The van der Waals surface area contributed by atoms with Crippen LogP contribution in [0.1, 0.15) is 100 Å². The molecule has 2 aliphatic heterocycles. The second-order valence-corrected chi connectivity index (χ2v) is 15.1. The number of pyridine rings is 1. The standard InChI is InChI=1S/C35H50ClN3O5S/c1-5-8-23(3)24(4)45(41)38-35(40)31-14-15-32-34(37-31)39(20-27-11-10-25(27)19-33-42-16-7-17-43-33)21-28(22-44-32)30-13-12-29(36)18-26(30)9-6-2/h12-15,18,23-25,27-28,33H,5-11,16-17,19-22H2,1-4H3,(H,38,40). The highest BCUT2D eigenvalue weighted by Gasteiger charge is 2.37. The highest BCUT2D eigenvalue weighted by Crippen LogP contribution is 2.42. The summed E-state index contributed by atoms with van der Waals surface area (Å²) in [6.45, 7) is 11.8. The van der Waals surface area contributed by atoms with Crippen molar-refractivity contribution in [3.05, 3.63) is 52.2 Å². The number of hydrogen-bond donors (Lipinski definition) is 1. The number of anilines is 1. The summed E-state index contributed by atoms with van der Waals surface area (Å²) < 4.78 is 34.0. The molecule has 6 atom stereocenters. The van der Waals surface area contributed by atoms with Gasteiger partial charge in [0.2, 0.25) is 0 Å². The van der Waals surface area contributed by atoms with E-state index >= 15 is 0 Å². The van der Waals surface area contributed by atoms with Crippen LogP contribution in [-0.2, 0) is 26.9 Å². The predicted molar refractivity (Wildman–Crippen MR) is 180 cm³/mol. The number of hydrogen-bond acceptors (Lipinski definition) is 7. The minimum atomic E-state index is -1.51. The van der Waals surface area contributed by atoms with Gasteiger partial charge in [-0.3, -0.25) is 9.52 Å². The van der Waals surface area contributed by atoms with Gasteiger partial charge in [0.25, 0.3) is 5.91 Å². The van der Waals surface area contributed by atoms with E-state index in [1.807, 2.05) is 19.1 Å². The van der Waals surface area contributed by atoms with Crippen LogP contribution in [-0.4, -0.2) is 59.6 Å². The zero-order valence-electron chi connectivity index (χ0n) is 27.3. The fraction of sp³-hybridized carbons (Fsp3) is 0.657. The van der Waals surface area contributed by atoms with Crippen LogP contribution in [0.2, 0.25) is 5.02 Å². The molecular weight excluding hydrogens is 610 g/mol. The molecular formula is C35H50ClN3O5S. The van der Waals surface area contributed by atoms with Crippen LogP contribution in [0.15, 0.2) is 30.3 Å². The summed E-state index contributed by atoms with van der Waals surface area (Å²) in [5.41, 5.74) is 2.74. The molecule has 1 saturated heterocycles. The molecule has 45 heavy (non-hydrogen) atoms. The maximum Gasteiger partial charge on any atom is 0.281 e. The molecule has 0 bridgehead atoms. The summed E-state index contributed by atoms with van der Waals surface area (Å²) in [6, 6.07) is 9.71. The van der Waals surface area contributed by atoms with Crippen molar-refractivity contribution in [2.75, 3.05) is 37.8 Å². The number of aryl methyl sites for hydroxylation is 1. The van der Waals surface area contributed by atoms with E-state index in [-0.39, 0.29) is 29.1 Å². The predicted octanol–water partition coefficient (Wildman–Crippen LogP) is 7.07. The van der Waals surface area contributed by atoms with Gasteiger partial charge < -0.3 is 19.1 Å². The number of amides is 1. The van der Waals surface area contributed by atoms with Crippen molar-refractivity contribution in [2.24, 2.45) is 17.8 Å². The minimum Gasteiger partial charge on any atom is -0.489 e. The maximum atomic E-state index is 13.3. The molecule has 1 amide bonds. The number of carbonyl (C=O) groups excluding carboxylic acids is 1. The van der Waals surface area contributed by atoms with E-state index in [1.54, 1.807) is 6.07 Å². The lowest BCUT2D eigenvalue weighted by Crippen LogP contribution is -2.42. The Hall–Kier alpha value is -2.20. The fourth-order valence-electron chi connectivity index (χ4n) is 6.83. The third kappa shape index (κ3) is 8.59. The van der Waals surface area contributed by atoms with Crippen molar-refractivity contribution in [2.45, 2.75) is 96.5 Å². The van der Waals surface area contributed by atoms with E-state index in [2.05, 4.69) is 42.5 Å². The third-order valence-corrected chi connectivity index (χ3v) is 11.6.